The lowest BCUT2D eigenvalue weighted by atomic mass is 9.90. The fourth-order valence-corrected chi connectivity index (χ4v) is 4.62. The van der Waals surface area contributed by atoms with E-state index in [-0.39, 0.29) is 5.91 Å². The summed E-state index contributed by atoms with van der Waals surface area (Å²) in [5, 5.41) is 19.6. The second-order valence-electron chi connectivity index (χ2n) is 10.3. The van der Waals surface area contributed by atoms with Gasteiger partial charge in [0, 0.05) is 24.4 Å². The topological polar surface area (TPSA) is 121 Å². The molecule has 0 unspecified atom stereocenters. The fraction of sp³-hybridized carbons (Fsp3) is 0.640. The van der Waals surface area contributed by atoms with Gasteiger partial charge in [-0.1, -0.05) is 25.7 Å². The van der Waals surface area contributed by atoms with E-state index in [1.54, 1.807) is 4.52 Å². The van der Waals surface area contributed by atoms with Crippen molar-refractivity contribution in [3.05, 3.63) is 28.7 Å². The first kappa shape index (κ1) is 25.5. The van der Waals surface area contributed by atoms with Gasteiger partial charge in [0.2, 0.25) is 5.91 Å². The highest BCUT2D eigenvalue weighted by atomic mass is 16.6. The van der Waals surface area contributed by atoms with Crippen molar-refractivity contribution in [3.8, 4) is 6.07 Å². The average molecular weight is 469 g/mol. The Bertz CT molecular complexity index is 1080. The van der Waals surface area contributed by atoms with Gasteiger partial charge in [0.15, 0.2) is 5.65 Å². The number of hydrogen-bond acceptors (Lipinski definition) is 6. The fourth-order valence-electron chi connectivity index (χ4n) is 4.62. The molecule has 0 aliphatic heterocycles. The largest absolute Gasteiger partial charge is 0.444 e. The van der Waals surface area contributed by atoms with Crippen molar-refractivity contribution >= 4 is 17.6 Å². The molecule has 0 aromatic carbocycles. The van der Waals surface area contributed by atoms with Gasteiger partial charge >= 0.3 is 6.09 Å². The third-order valence-corrected chi connectivity index (χ3v) is 6.38. The molecule has 2 N–H and O–H groups in total. The molecule has 2 aromatic rings. The molecule has 0 radical (unpaired) electrons. The van der Waals surface area contributed by atoms with E-state index in [1.807, 2.05) is 34.6 Å². The van der Waals surface area contributed by atoms with Crippen LogP contribution in [-0.2, 0) is 16.0 Å². The number of carbonyl (C=O) groups is 2. The lowest BCUT2D eigenvalue weighted by Crippen LogP contribution is -2.56. The smallest absolute Gasteiger partial charge is 0.408 e. The molecule has 1 aliphatic carbocycles. The Morgan fingerprint density at radius 1 is 1.21 bits per heavy atom. The predicted octanol–water partition coefficient (Wildman–Crippen LogP) is 3.88. The number of aryl methyl sites for hydroxylation is 2. The first-order valence-electron chi connectivity index (χ1n) is 12.1. The molecule has 0 bridgehead atoms. The van der Waals surface area contributed by atoms with Crippen LogP contribution in [0.2, 0.25) is 0 Å². The molecular formula is C25H36N6O3. The number of nitriles is 1. The number of carbonyl (C=O) groups excluding carboxylic acids is 2. The molecule has 1 saturated carbocycles. The number of fused-ring (bicyclic) bond motifs is 1. The van der Waals surface area contributed by atoms with E-state index in [0.29, 0.717) is 30.6 Å². The Balaban J connectivity index is 1.65. The molecule has 0 atom stereocenters. The third kappa shape index (κ3) is 6.25. The summed E-state index contributed by atoms with van der Waals surface area (Å²) < 4.78 is 7.15. The summed E-state index contributed by atoms with van der Waals surface area (Å²) in [5.41, 5.74) is 2.52. The summed E-state index contributed by atoms with van der Waals surface area (Å²) in [6.45, 7) is 9.72. The Morgan fingerprint density at radius 2 is 1.88 bits per heavy atom. The zero-order valence-electron chi connectivity index (χ0n) is 21.0. The molecule has 9 nitrogen and oxygen atoms in total. The van der Waals surface area contributed by atoms with Crippen LogP contribution < -0.4 is 10.6 Å². The zero-order valence-corrected chi connectivity index (χ0v) is 21.0. The first-order valence-corrected chi connectivity index (χ1v) is 12.1. The molecule has 2 amide bonds. The Hall–Kier alpha value is -3.15. The molecule has 9 heteroatoms. The van der Waals surface area contributed by atoms with Crippen LogP contribution in [0.3, 0.4) is 0 Å². The van der Waals surface area contributed by atoms with Gasteiger partial charge in [0.05, 0.1) is 11.7 Å². The van der Waals surface area contributed by atoms with Gasteiger partial charge < -0.3 is 15.4 Å². The van der Waals surface area contributed by atoms with E-state index in [2.05, 4.69) is 26.8 Å². The van der Waals surface area contributed by atoms with Crippen molar-refractivity contribution in [2.24, 2.45) is 0 Å². The molecule has 3 rings (SSSR count). The van der Waals surface area contributed by atoms with Crippen molar-refractivity contribution in [1.82, 2.24) is 25.2 Å². The van der Waals surface area contributed by atoms with Crippen molar-refractivity contribution < 1.29 is 14.3 Å². The van der Waals surface area contributed by atoms with Crippen molar-refractivity contribution in [2.45, 2.75) is 97.1 Å². The van der Waals surface area contributed by atoms with E-state index in [0.717, 1.165) is 55.5 Å². The van der Waals surface area contributed by atoms with Crippen molar-refractivity contribution in [1.29, 1.82) is 5.26 Å². The number of hydrogen-bond donors (Lipinski definition) is 2. The number of rotatable bonds is 6. The SMILES string of the molecule is Cc1nc2c(C#N)cnn2c(C)c1CCC(=O)NCC1(NC(=O)OC(C)(C)C)CCCCCC1. The van der Waals surface area contributed by atoms with Crippen LogP contribution in [0.15, 0.2) is 6.20 Å². The molecule has 2 aromatic heterocycles. The van der Waals surface area contributed by atoms with Gasteiger partial charge in [0.1, 0.15) is 17.2 Å². The highest BCUT2D eigenvalue weighted by molar-refractivity contribution is 5.76. The average Bonchev–Trinajstić information content (AvgIpc) is 3.02. The van der Waals surface area contributed by atoms with Gasteiger partial charge in [-0.3, -0.25) is 4.79 Å². The predicted molar refractivity (Wildman–Crippen MR) is 128 cm³/mol. The van der Waals surface area contributed by atoms with Gasteiger partial charge in [-0.25, -0.2) is 14.3 Å². The molecule has 1 aliphatic rings. The van der Waals surface area contributed by atoms with Crippen LogP contribution in [0, 0.1) is 25.2 Å². The van der Waals surface area contributed by atoms with E-state index >= 15 is 0 Å². The summed E-state index contributed by atoms with van der Waals surface area (Å²) in [6, 6.07) is 2.11. The van der Waals surface area contributed by atoms with E-state index in [9.17, 15) is 14.9 Å². The van der Waals surface area contributed by atoms with Crippen LogP contribution in [0.1, 0.15) is 88.2 Å². The van der Waals surface area contributed by atoms with Gasteiger partial charge in [-0.05, 0) is 59.4 Å². The quantitative estimate of drug-likeness (QED) is 0.621. The minimum atomic E-state index is -0.577. The maximum absolute atomic E-state index is 12.8. The second kappa shape index (κ2) is 10.4. The molecule has 0 spiro atoms. The van der Waals surface area contributed by atoms with Gasteiger partial charge in [-0.2, -0.15) is 10.4 Å². The van der Waals surface area contributed by atoms with Crippen LogP contribution in [0.25, 0.3) is 5.65 Å². The Kier molecular flexibility index (Phi) is 7.80. The number of ether oxygens (including phenoxy) is 1. The van der Waals surface area contributed by atoms with Crippen LogP contribution in [0.5, 0.6) is 0 Å². The van der Waals surface area contributed by atoms with Crippen LogP contribution in [0.4, 0.5) is 4.79 Å². The summed E-state index contributed by atoms with van der Waals surface area (Å²) in [4.78, 5) is 29.9. The minimum Gasteiger partial charge on any atom is -0.444 e. The van der Waals surface area contributed by atoms with Gasteiger partial charge in [-0.15, -0.1) is 0 Å². The lowest BCUT2D eigenvalue weighted by molar-refractivity contribution is -0.121. The summed E-state index contributed by atoms with van der Waals surface area (Å²) >= 11 is 0. The number of nitrogens with one attached hydrogen (secondary N) is 2. The van der Waals surface area contributed by atoms with Crippen molar-refractivity contribution in [3.63, 3.8) is 0 Å². The molecule has 184 valence electrons. The van der Waals surface area contributed by atoms with Crippen LogP contribution in [-0.4, -0.2) is 44.3 Å². The number of alkyl carbamates (subject to hydrolysis) is 1. The molecule has 2 heterocycles. The second-order valence-corrected chi connectivity index (χ2v) is 10.3. The number of aromatic nitrogens is 3. The van der Waals surface area contributed by atoms with Crippen LogP contribution >= 0.6 is 0 Å². The molecule has 0 saturated heterocycles. The standard InChI is InChI=1S/C25H36N6O3/c1-17-20(18(2)31-22(29-17)19(14-26)15-28-31)10-11-21(32)27-16-25(12-8-6-7-9-13-25)30-23(33)34-24(3,4)5/h15H,6-13,16H2,1-5H3,(H,27,32)(H,30,33). The molecule has 1 fully saturated rings. The van der Waals surface area contributed by atoms with E-state index < -0.39 is 17.2 Å². The first-order chi connectivity index (χ1) is 16.0. The highest BCUT2D eigenvalue weighted by Gasteiger charge is 2.34. The Morgan fingerprint density at radius 3 is 2.50 bits per heavy atom. The zero-order chi connectivity index (χ0) is 24.9. The maximum atomic E-state index is 12.8. The van der Waals surface area contributed by atoms with Crippen molar-refractivity contribution in [2.75, 3.05) is 6.54 Å². The monoisotopic (exact) mass is 468 g/mol. The highest BCUT2D eigenvalue weighted by Crippen LogP contribution is 2.27. The maximum Gasteiger partial charge on any atom is 0.408 e. The normalized spacial score (nSPS) is 15.9. The molecular weight excluding hydrogens is 432 g/mol. The minimum absolute atomic E-state index is 0.0771. The lowest BCUT2D eigenvalue weighted by Gasteiger charge is -2.35. The molecule has 34 heavy (non-hydrogen) atoms. The number of amides is 2. The van der Waals surface area contributed by atoms with E-state index in [4.69, 9.17) is 4.74 Å². The third-order valence-electron chi connectivity index (χ3n) is 6.38. The number of nitrogens with zero attached hydrogens (tertiary/aromatic N) is 4. The van der Waals surface area contributed by atoms with E-state index in [1.165, 1.54) is 6.20 Å². The Labute approximate surface area is 201 Å². The summed E-state index contributed by atoms with van der Waals surface area (Å²) in [6.07, 6.45) is 7.76. The van der Waals surface area contributed by atoms with Gasteiger partial charge in [0.25, 0.3) is 0 Å². The summed E-state index contributed by atoms with van der Waals surface area (Å²) in [7, 11) is 0. The summed E-state index contributed by atoms with van der Waals surface area (Å²) in [5.74, 6) is -0.0771.